The number of hydrazone groups is 1. The summed E-state index contributed by atoms with van der Waals surface area (Å²) in [5.41, 5.74) is 3.61. The molecule has 0 bridgehead atoms. The van der Waals surface area contributed by atoms with E-state index in [2.05, 4.69) is 15.8 Å². The summed E-state index contributed by atoms with van der Waals surface area (Å²) in [7, 11) is 1.48. The molecule has 0 saturated heterocycles. The van der Waals surface area contributed by atoms with Crippen molar-refractivity contribution in [1.82, 2.24) is 5.43 Å². The predicted octanol–water partition coefficient (Wildman–Crippen LogP) is 4.41. The fourth-order valence-electron chi connectivity index (χ4n) is 3.96. The van der Waals surface area contributed by atoms with Gasteiger partial charge in [-0.15, -0.1) is 0 Å². The Bertz CT molecular complexity index is 1420. The van der Waals surface area contributed by atoms with E-state index in [9.17, 15) is 14.7 Å². The van der Waals surface area contributed by atoms with Crippen LogP contribution in [0.25, 0.3) is 0 Å². The van der Waals surface area contributed by atoms with Gasteiger partial charge in [-0.3, -0.25) is 9.59 Å². The Morgan fingerprint density at radius 3 is 2.10 bits per heavy atom. The Morgan fingerprint density at radius 1 is 0.872 bits per heavy atom. The zero-order valence-corrected chi connectivity index (χ0v) is 21.6. The quantitative estimate of drug-likeness (QED) is 0.211. The predicted molar refractivity (Wildman–Crippen MR) is 150 cm³/mol. The van der Waals surface area contributed by atoms with Crippen LogP contribution in [0.3, 0.4) is 0 Å². The molecule has 0 atom stereocenters. The number of methoxy groups -OCH3 is 1. The molecule has 0 radical (unpaired) electrons. The maximum absolute atomic E-state index is 13.2. The van der Waals surface area contributed by atoms with Gasteiger partial charge in [0.05, 0.1) is 13.3 Å². The van der Waals surface area contributed by atoms with E-state index in [4.69, 9.17) is 9.47 Å². The fraction of sp³-hybridized carbons (Fsp3) is 0.129. The first kappa shape index (κ1) is 27.1. The molecule has 4 aromatic rings. The zero-order valence-electron chi connectivity index (χ0n) is 21.6. The van der Waals surface area contributed by atoms with Gasteiger partial charge >= 0.3 is 0 Å². The first-order chi connectivity index (χ1) is 18.9. The Hall–Kier alpha value is -4.95. The number of rotatable bonds is 10. The molecule has 0 saturated carbocycles. The van der Waals surface area contributed by atoms with Crippen LogP contribution in [-0.4, -0.2) is 36.9 Å². The number of benzene rings is 4. The summed E-state index contributed by atoms with van der Waals surface area (Å²) >= 11 is 0. The van der Waals surface area contributed by atoms with Crippen LogP contribution in [0.15, 0.2) is 108 Å². The van der Waals surface area contributed by atoms with Gasteiger partial charge < -0.3 is 19.9 Å². The summed E-state index contributed by atoms with van der Waals surface area (Å²) in [6, 6.07) is 29.8. The molecule has 0 unspecified atom stereocenters. The number of carbonyl (C=O) groups excluding carboxylic acids is 2. The fourth-order valence-corrected chi connectivity index (χ4v) is 3.96. The summed E-state index contributed by atoms with van der Waals surface area (Å²) in [5.74, 6) is -0.244. The minimum absolute atomic E-state index is 0.203. The van der Waals surface area contributed by atoms with Crippen molar-refractivity contribution in [3.8, 4) is 11.5 Å². The van der Waals surface area contributed by atoms with Gasteiger partial charge in [0.15, 0.2) is 23.7 Å². The average molecular weight is 524 g/mol. The van der Waals surface area contributed by atoms with Gasteiger partial charge in [0.1, 0.15) is 0 Å². The molecule has 198 valence electrons. The normalized spacial score (nSPS) is 11.2. The Labute approximate surface area is 226 Å². The summed E-state index contributed by atoms with van der Waals surface area (Å²) in [5, 5.41) is 18.4. The molecule has 4 aromatic carbocycles. The van der Waals surface area contributed by atoms with Crippen LogP contribution in [0, 0.1) is 6.92 Å². The highest BCUT2D eigenvalue weighted by molar-refractivity contribution is 5.93. The monoisotopic (exact) mass is 523 g/mol. The van der Waals surface area contributed by atoms with E-state index in [0.29, 0.717) is 28.2 Å². The molecule has 2 amide bonds. The molecule has 0 spiro atoms. The van der Waals surface area contributed by atoms with E-state index in [0.717, 1.165) is 11.3 Å². The third kappa shape index (κ3) is 6.49. The molecular formula is C31H29N3O5. The van der Waals surface area contributed by atoms with Crippen molar-refractivity contribution in [3.63, 3.8) is 0 Å². The van der Waals surface area contributed by atoms with E-state index in [1.165, 1.54) is 13.3 Å². The summed E-state index contributed by atoms with van der Waals surface area (Å²) in [6.07, 6.45) is 1.42. The number of hydrogen-bond acceptors (Lipinski definition) is 6. The van der Waals surface area contributed by atoms with Crippen molar-refractivity contribution in [2.45, 2.75) is 12.5 Å². The number of aryl methyl sites for hydroxylation is 1. The van der Waals surface area contributed by atoms with Gasteiger partial charge in [-0.25, -0.2) is 5.43 Å². The van der Waals surface area contributed by atoms with Crippen LogP contribution >= 0.6 is 0 Å². The van der Waals surface area contributed by atoms with Crippen molar-refractivity contribution in [2.24, 2.45) is 5.10 Å². The molecule has 0 aliphatic carbocycles. The van der Waals surface area contributed by atoms with E-state index in [1.807, 2.05) is 43.3 Å². The number of aliphatic hydroxyl groups is 1. The van der Waals surface area contributed by atoms with Crippen LogP contribution in [0.5, 0.6) is 11.5 Å². The molecule has 8 heteroatoms. The smallest absolute Gasteiger partial charge is 0.281 e. The molecule has 0 aromatic heterocycles. The van der Waals surface area contributed by atoms with Crippen LogP contribution in [-0.2, 0) is 15.2 Å². The lowest BCUT2D eigenvalue weighted by Gasteiger charge is -2.27. The van der Waals surface area contributed by atoms with Gasteiger partial charge in [0.25, 0.3) is 11.8 Å². The summed E-state index contributed by atoms with van der Waals surface area (Å²) in [4.78, 5) is 25.5. The lowest BCUT2D eigenvalue weighted by atomic mass is 9.85. The van der Waals surface area contributed by atoms with E-state index >= 15 is 0 Å². The number of carbonyl (C=O) groups is 2. The SMILES string of the molecule is COc1cc(/C=N\NC(=O)C(O)(c2ccccc2)c2ccccc2)ccc1OCC(=O)Nc1ccccc1C. The van der Waals surface area contributed by atoms with E-state index < -0.39 is 11.5 Å². The molecule has 4 rings (SSSR count). The molecule has 0 heterocycles. The first-order valence-electron chi connectivity index (χ1n) is 12.2. The number of nitrogens with one attached hydrogen (secondary N) is 2. The maximum atomic E-state index is 13.2. The van der Waals surface area contributed by atoms with Crippen molar-refractivity contribution in [3.05, 3.63) is 125 Å². The Kier molecular flexibility index (Phi) is 8.71. The Morgan fingerprint density at radius 2 is 1.49 bits per heavy atom. The van der Waals surface area contributed by atoms with Gasteiger partial charge in [-0.1, -0.05) is 78.9 Å². The highest BCUT2D eigenvalue weighted by Crippen LogP contribution is 2.30. The Balaban J connectivity index is 1.43. The number of anilines is 1. The van der Waals surface area contributed by atoms with Crippen LogP contribution in [0.2, 0.25) is 0 Å². The minimum atomic E-state index is -1.94. The van der Waals surface area contributed by atoms with Gasteiger partial charge in [0, 0.05) is 5.69 Å². The lowest BCUT2D eigenvalue weighted by molar-refractivity contribution is -0.136. The number of amides is 2. The van der Waals surface area contributed by atoms with Crippen molar-refractivity contribution in [2.75, 3.05) is 19.0 Å². The van der Waals surface area contributed by atoms with E-state index in [-0.39, 0.29) is 12.5 Å². The molecule has 8 nitrogen and oxygen atoms in total. The molecular weight excluding hydrogens is 494 g/mol. The largest absolute Gasteiger partial charge is 0.493 e. The zero-order chi connectivity index (χ0) is 27.7. The number of nitrogens with zero attached hydrogens (tertiary/aromatic N) is 1. The third-order valence-corrected chi connectivity index (χ3v) is 6.06. The van der Waals surface area contributed by atoms with Gasteiger partial charge in [-0.05, 0) is 53.4 Å². The topological polar surface area (TPSA) is 109 Å². The molecule has 39 heavy (non-hydrogen) atoms. The molecule has 3 N–H and O–H groups in total. The minimum Gasteiger partial charge on any atom is -0.493 e. The van der Waals surface area contributed by atoms with Crippen LogP contribution < -0.4 is 20.2 Å². The van der Waals surface area contributed by atoms with Crippen LogP contribution in [0.4, 0.5) is 5.69 Å². The highest BCUT2D eigenvalue weighted by atomic mass is 16.5. The highest BCUT2D eigenvalue weighted by Gasteiger charge is 2.39. The van der Waals surface area contributed by atoms with Crippen molar-refractivity contribution >= 4 is 23.7 Å². The third-order valence-electron chi connectivity index (χ3n) is 6.06. The molecule has 0 fully saturated rings. The van der Waals surface area contributed by atoms with E-state index in [1.54, 1.807) is 66.7 Å². The second-order valence-electron chi connectivity index (χ2n) is 8.70. The second kappa shape index (κ2) is 12.5. The number of hydrogen-bond donors (Lipinski definition) is 3. The first-order valence-corrected chi connectivity index (χ1v) is 12.2. The number of ether oxygens (including phenoxy) is 2. The molecule has 0 aliphatic heterocycles. The number of para-hydroxylation sites is 1. The second-order valence-corrected chi connectivity index (χ2v) is 8.70. The lowest BCUT2D eigenvalue weighted by Crippen LogP contribution is -2.43. The van der Waals surface area contributed by atoms with Crippen LogP contribution in [0.1, 0.15) is 22.3 Å². The molecule has 0 aliphatic rings. The summed E-state index contributed by atoms with van der Waals surface area (Å²) in [6.45, 7) is 1.71. The average Bonchev–Trinajstić information content (AvgIpc) is 2.98. The maximum Gasteiger partial charge on any atom is 0.281 e. The summed E-state index contributed by atoms with van der Waals surface area (Å²) < 4.78 is 11.1. The van der Waals surface area contributed by atoms with Crippen molar-refractivity contribution < 1.29 is 24.2 Å². The standard InChI is InChI=1S/C31H29N3O5/c1-22-11-9-10-16-26(22)33-29(35)21-39-27-18-17-23(19-28(27)38-2)20-32-34-30(36)31(37,24-12-5-3-6-13-24)25-14-7-4-8-15-25/h3-20,37H,21H2,1-2H3,(H,33,35)(H,34,36)/b32-20-. The van der Waals surface area contributed by atoms with Gasteiger partial charge in [-0.2, -0.15) is 5.10 Å². The van der Waals surface area contributed by atoms with Gasteiger partial charge in [0.2, 0.25) is 0 Å². The van der Waals surface area contributed by atoms with Crippen molar-refractivity contribution in [1.29, 1.82) is 0 Å².